The molecule has 0 aromatic heterocycles. The van der Waals surface area contributed by atoms with Crippen molar-refractivity contribution in [1.29, 1.82) is 0 Å². The van der Waals surface area contributed by atoms with Crippen molar-refractivity contribution in [3.63, 3.8) is 0 Å². The van der Waals surface area contributed by atoms with E-state index in [1.54, 1.807) is 14.2 Å². The lowest BCUT2D eigenvalue weighted by Crippen LogP contribution is -2.45. The third-order valence-corrected chi connectivity index (χ3v) is 2.83. The molecule has 0 fully saturated rings. The SMILES string of the molecule is COC(OC)C(CCCc1ccccc1)NN. The molecule has 3 N–H and O–H groups in total. The summed E-state index contributed by atoms with van der Waals surface area (Å²) >= 11 is 0. The summed E-state index contributed by atoms with van der Waals surface area (Å²) in [6.45, 7) is 0. The van der Waals surface area contributed by atoms with E-state index in [2.05, 4.69) is 29.7 Å². The molecule has 4 heteroatoms. The number of aryl methyl sites for hydroxylation is 1. The molecule has 0 saturated heterocycles. The minimum absolute atomic E-state index is 0.0220. The molecule has 0 bridgehead atoms. The van der Waals surface area contributed by atoms with Gasteiger partial charge < -0.3 is 9.47 Å². The topological polar surface area (TPSA) is 56.5 Å². The molecule has 0 amide bonds. The van der Waals surface area contributed by atoms with Gasteiger partial charge in [0.05, 0.1) is 6.04 Å². The Morgan fingerprint density at radius 2 is 1.82 bits per heavy atom. The van der Waals surface area contributed by atoms with Crippen LogP contribution in [0.1, 0.15) is 18.4 Å². The van der Waals surface area contributed by atoms with Gasteiger partial charge in [-0.3, -0.25) is 11.3 Å². The molecule has 1 aromatic carbocycles. The molecule has 0 aliphatic carbocycles. The number of hydrogen-bond acceptors (Lipinski definition) is 4. The summed E-state index contributed by atoms with van der Waals surface area (Å²) in [6, 6.07) is 10.4. The van der Waals surface area contributed by atoms with E-state index in [9.17, 15) is 0 Å². The van der Waals surface area contributed by atoms with Crippen molar-refractivity contribution in [2.75, 3.05) is 14.2 Å². The fourth-order valence-electron chi connectivity index (χ4n) is 1.89. The van der Waals surface area contributed by atoms with E-state index >= 15 is 0 Å². The van der Waals surface area contributed by atoms with Gasteiger partial charge in [0.2, 0.25) is 0 Å². The Bertz CT molecular complexity index is 289. The summed E-state index contributed by atoms with van der Waals surface area (Å²) in [4.78, 5) is 0. The predicted molar refractivity (Wildman–Crippen MR) is 68.3 cm³/mol. The van der Waals surface area contributed by atoms with E-state index in [0.717, 1.165) is 19.3 Å². The standard InChI is InChI=1S/C13H22N2O2/c1-16-13(17-2)12(15-14)10-6-9-11-7-4-3-5-8-11/h3-5,7-8,12-13,15H,6,9-10,14H2,1-2H3. The Morgan fingerprint density at radius 3 is 2.35 bits per heavy atom. The van der Waals surface area contributed by atoms with Gasteiger partial charge in [0.1, 0.15) is 0 Å². The number of hydrazine groups is 1. The van der Waals surface area contributed by atoms with Gasteiger partial charge in [-0.1, -0.05) is 30.3 Å². The lowest BCUT2D eigenvalue weighted by molar-refractivity contribution is -0.124. The van der Waals surface area contributed by atoms with E-state index in [1.807, 2.05) is 6.07 Å². The van der Waals surface area contributed by atoms with Gasteiger partial charge in [-0.2, -0.15) is 0 Å². The molecule has 0 heterocycles. The monoisotopic (exact) mass is 238 g/mol. The fourth-order valence-corrected chi connectivity index (χ4v) is 1.89. The van der Waals surface area contributed by atoms with Crippen molar-refractivity contribution in [1.82, 2.24) is 5.43 Å². The fraction of sp³-hybridized carbons (Fsp3) is 0.538. The van der Waals surface area contributed by atoms with Crippen LogP contribution in [0.2, 0.25) is 0 Å². The highest BCUT2D eigenvalue weighted by Crippen LogP contribution is 2.10. The molecule has 1 aromatic rings. The molecule has 1 rings (SSSR count). The molecule has 0 spiro atoms. The summed E-state index contributed by atoms with van der Waals surface area (Å²) in [7, 11) is 3.24. The first kappa shape index (κ1) is 14.1. The summed E-state index contributed by atoms with van der Waals surface area (Å²) in [6.07, 6.45) is 2.70. The summed E-state index contributed by atoms with van der Waals surface area (Å²) in [5.74, 6) is 5.49. The minimum Gasteiger partial charge on any atom is -0.354 e. The van der Waals surface area contributed by atoms with Crippen LogP contribution in [0, 0.1) is 0 Å². The number of nitrogens with two attached hydrogens (primary N) is 1. The Morgan fingerprint density at radius 1 is 1.18 bits per heavy atom. The van der Waals surface area contributed by atoms with Crippen LogP contribution >= 0.6 is 0 Å². The first-order valence-electron chi connectivity index (χ1n) is 5.87. The highest BCUT2D eigenvalue weighted by molar-refractivity contribution is 5.14. The van der Waals surface area contributed by atoms with E-state index in [-0.39, 0.29) is 12.3 Å². The van der Waals surface area contributed by atoms with Crippen LogP contribution in [0.15, 0.2) is 30.3 Å². The van der Waals surface area contributed by atoms with Gasteiger partial charge >= 0.3 is 0 Å². The van der Waals surface area contributed by atoms with Crippen LogP contribution < -0.4 is 11.3 Å². The van der Waals surface area contributed by atoms with Gasteiger partial charge in [-0.15, -0.1) is 0 Å². The van der Waals surface area contributed by atoms with E-state index in [4.69, 9.17) is 15.3 Å². The molecule has 96 valence electrons. The van der Waals surface area contributed by atoms with E-state index in [1.165, 1.54) is 5.56 Å². The molecule has 0 saturated carbocycles. The number of rotatable bonds is 8. The van der Waals surface area contributed by atoms with Crippen molar-refractivity contribution in [2.24, 2.45) is 5.84 Å². The molecular formula is C13H22N2O2. The third kappa shape index (κ3) is 4.83. The van der Waals surface area contributed by atoms with Gasteiger partial charge in [0, 0.05) is 14.2 Å². The first-order chi connectivity index (χ1) is 8.31. The summed E-state index contributed by atoms with van der Waals surface area (Å²) in [5, 5.41) is 0. The molecule has 17 heavy (non-hydrogen) atoms. The highest BCUT2D eigenvalue weighted by Gasteiger charge is 2.18. The second kappa shape index (κ2) is 8.20. The lowest BCUT2D eigenvalue weighted by Gasteiger charge is -2.23. The third-order valence-electron chi connectivity index (χ3n) is 2.83. The zero-order valence-electron chi connectivity index (χ0n) is 10.6. The van der Waals surface area contributed by atoms with E-state index < -0.39 is 0 Å². The van der Waals surface area contributed by atoms with Crippen molar-refractivity contribution < 1.29 is 9.47 Å². The van der Waals surface area contributed by atoms with Gasteiger partial charge in [-0.05, 0) is 24.8 Å². The van der Waals surface area contributed by atoms with Crippen LogP contribution in [-0.4, -0.2) is 26.6 Å². The predicted octanol–water partition coefficient (Wildman–Crippen LogP) is 1.46. The van der Waals surface area contributed by atoms with Crippen LogP contribution in [0.25, 0.3) is 0 Å². The van der Waals surface area contributed by atoms with Crippen LogP contribution in [0.5, 0.6) is 0 Å². The number of ether oxygens (including phenoxy) is 2. The number of hydrogen-bond donors (Lipinski definition) is 2. The zero-order chi connectivity index (χ0) is 12.5. The Balaban J connectivity index is 2.33. The highest BCUT2D eigenvalue weighted by atomic mass is 16.7. The van der Waals surface area contributed by atoms with Crippen LogP contribution in [0.4, 0.5) is 0 Å². The maximum Gasteiger partial charge on any atom is 0.173 e. The van der Waals surface area contributed by atoms with Crippen molar-refractivity contribution in [2.45, 2.75) is 31.6 Å². The first-order valence-corrected chi connectivity index (χ1v) is 5.87. The molecule has 4 nitrogen and oxygen atoms in total. The van der Waals surface area contributed by atoms with Gasteiger partial charge in [-0.25, -0.2) is 0 Å². The van der Waals surface area contributed by atoms with Crippen molar-refractivity contribution in [3.8, 4) is 0 Å². The molecule has 1 atom stereocenters. The van der Waals surface area contributed by atoms with E-state index in [0.29, 0.717) is 0 Å². The maximum absolute atomic E-state index is 5.49. The van der Waals surface area contributed by atoms with Crippen molar-refractivity contribution in [3.05, 3.63) is 35.9 Å². The molecule has 0 aliphatic heterocycles. The smallest absolute Gasteiger partial charge is 0.173 e. The largest absolute Gasteiger partial charge is 0.354 e. The number of benzene rings is 1. The number of methoxy groups -OCH3 is 2. The average Bonchev–Trinajstić information content (AvgIpc) is 2.39. The van der Waals surface area contributed by atoms with Crippen LogP contribution in [-0.2, 0) is 15.9 Å². The molecule has 0 aliphatic rings. The van der Waals surface area contributed by atoms with Gasteiger partial charge in [0.25, 0.3) is 0 Å². The number of nitrogens with one attached hydrogen (secondary N) is 1. The quantitative estimate of drug-likeness (QED) is 0.409. The Labute approximate surface area is 103 Å². The molecule has 0 radical (unpaired) electrons. The lowest BCUT2D eigenvalue weighted by atomic mass is 10.0. The summed E-state index contributed by atoms with van der Waals surface area (Å²) in [5.41, 5.74) is 4.08. The maximum atomic E-state index is 5.49. The Hall–Kier alpha value is -0.940. The normalized spacial score (nSPS) is 12.9. The second-order valence-electron chi connectivity index (χ2n) is 3.99. The zero-order valence-corrected chi connectivity index (χ0v) is 10.6. The second-order valence-corrected chi connectivity index (χ2v) is 3.99. The molecular weight excluding hydrogens is 216 g/mol. The average molecular weight is 238 g/mol. The minimum atomic E-state index is -0.296. The van der Waals surface area contributed by atoms with Crippen molar-refractivity contribution >= 4 is 0 Å². The van der Waals surface area contributed by atoms with Crippen LogP contribution in [0.3, 0.4) is 0 Å². The Kier molecular flexibility index (Phi) is 6.81. The molecule has 1 unspecified atom stereocenters. The van der Waals surface area contributed by atoms with Gasteiger partial charge in [0.15, 0.2) is 6.29 Å². The summed E-state index contributed by atoms with van der Waals surface area (Å²) < 4.78 is 10.4.